The van der Waals surface area contributed by atoms with Crippen LogP contribution in [0, 0.1) is 0 Å². The molecular formula is C18H14O9. The average Bonchev–Trinajstić information content (AvgIpc) is 2.65. The van der Waals surface area contributed by atoms with Crippen molar-refractivity contribution in [3.05, 3.63) is 59.7 Å². The second kappa shape index (κ2) is 9.11. The van der Waals surface area contributed by atoms with Gasteiger partial charge in [0.2, 0.25) is 11.6 Å². The van der Waals surface area contributed by atoms with E-state index in [1.807, 2.05) is 0 Å². The zero-order valence-electron chi connectivity index (χ0n) is 13.8. The van der Waals surface area contributed by atoms with Crippen LogP contribution in [-0.4, -0.2) is 33.7 Å². The molecule has 0 aliphatic carbocycles. The molecule has 0 radical (unpaired) electrons. The van der Waals surface area contributed by atoms with E-state index < -0.39 is 23.5 Å². The fourth-order valence-corrected chi connectivity index (χ4v) is 1.91. The molecule has 0 saturated heterocycles. The number of hydrogen-bond acceptors (Lipinski definition) is 9. The zero-order valence-corrected chi connectivity index (χ0v) is 13.8. The Kier molecular flexibility index (Phi) is 6.61. The number of Topliss-reactive ketones (excluding diaryl/α,β-unsaturated/α-hetero) is 2. The molecule has 27 heavy (non-hydrogen) atoms. The molecule has 0 saturated carbocycles. The smallest absolute Gasteiger partial charge is 0.413 e. The van der Waals surface area contributed by atoms with Gasteiger partial charge in [-0.3, -0.25) is 19.4 Å². The van der Waals surface area contributed by atoms with Crippen LogP contribution < -0.4 is 0 Å². The minimum absolute atomic E-state index is 0.000919. The summed E-state index contributed by atoms with van der Waals surface area (Å²) in [5, 5.41) is 22.2. The Balaban J connectivity index is 1.73. The number of carbonyl (C=O) groups excluding carboxylic acids is 4. The highest BCUT2D eigenvalue weighted by atomic mass is 17.5. The molecule has 2 rings (SSSR count). The van der Waals surface area contributed by atoms with Gasteiger partial charge >= 0.3 is 11.9 Å². The van der Waals surface area contributed by atoms with Crippen LogP contribution in [-0.2, 0) is 46.8 Å². The summed E-state index contributed by atoms with van der Waals surface area (Å²) in [5.41, 5.74) is 0.881. The molecule has 0 fully saturated rings. The molecule has 0 bridgehead atoms. The quantitative estimate of drug-likeness (QED) is 0.393. The first-order valence-corrected chi connectivity index (χ1v) is 7.56. The lowest BCUT2D eigenvalue weighted by atomic mass is 10.1. The Morgan fingerprint density at radius 3 is 1.30 bits per heavy atom. The lowest BCUT2D eigenvalue weighted by Gasteiger charge is -2.03. The molecule has 9 heteroatoms. The van der Waals surface area contributed by atoms with E-state index in [0.717, 1.165) is 0 Å². The van der Waals surface area contributed by atoms with Crippen LogP contribution in [0.15, 0.2) is 48.5 Å². The summed E-state index contributed by atoms with van der Waals surface area (Å²) >= 11 is 0. The van der Waals surface area contributed by atoms with Gasteiger partial charge in [-0.1, -0.05) is 24.3 Å². The predicted molar refractivity (Wildman–Crippen MR) is 86.9 cm³/mol. The van der Waals surface area contributed by atoms with E-state index in [9.17, 15) is 19.2 Å². The summed E-state index contributed by atoms with van der Waals surface area (Å²) in [5.74, 6) is -4.84. The van der Waals surface area contributed by atoms with Crippen LogP contribution in [0.3, 0.4) is 0 Å². The van der Waals surface area contributed by atoms with E-state index in [4.69, 9.17) is 10.2 Å². The van der Waals surface area contributed by atoms with E-state index in [1.165, 1.54) is 48.5 Å². The van der Waals surface area contributed by atoms with Gasteiger partial charge in [0.1, 0.15) is 11.5 Å². The third-order valence-electron chi connectivity index (χ3n) is 3.28. The van der Waals surface area contributed by atoms with Crippen LogP contribution in [0.1, 0.15) is 11.1 Å². The molecular weight excluding hydrogens is 360 g/mol. The van der Waals surface area contributed by atoms with Gasteiger partial charge < -0.3 is 10.2 Å². The number of phenolic OH excluding ortho intramolecular Hbond substituents is 2. The molecule has 0 amide bonds. The topological polar surface area (TPSA) is 136 Å². The van der Waals surface area contributed by atoms with Crippen LogP contribution in [0.5, 0.6) is 11.5 Å². The molecule has 0 aromatic heterocycles. The summed E-state index contributed by atoms with van der Waals surface area (Å²) in [4.78, 5) is 54.2. The Morgan fingerprint density at radius 1 is 0.630 bits per heavy atom. The molecule has 0 atom stereocenters. The minimum atomic E-state index is -1.43. The van der Waals surface area contributed by atoms with E-state index in [0.29, 0.717) is 11.1 Å². The number of carbonyl (C=O) groups is 4. The van der Waals surface area contributed by atoms with Gasteiger partial charge in [0, 0.05) is 17.9 Å². The Hall–Kier alpha value is -3.72. The highest BCUT2D eigenvalue weighted by Gasteiger charge is 2.21. The van der Waals surface area contributed by atoms with Crippen molar-refractivity contribution in [2.45, 2.75) is 12.8 Å². The highest BCUT2D eigenvalue weighted by molar-refractivity contribution is 6.34. The summed E-state index contributed by atoms with van der Waals surface area (Å²) < 4.78 is 0. The van der Waals surface area contributed by atoms with Crippen LogP contribution in [0.2, 0.25) is 0 Å². The maximum atomic E-state index is 11.6. The number of benzene rings is 2. The molecule has 9 nitrogen and oxygen atoms in total. The van der Waals surface area contributed by atoms with E-state index in [1.54, 1.807) is 0 Å². The van der Waals surface area contributed by atoms with Crippen LogP contribution in [0.25, 0.3) is 0 Å². The maximum Gasteiger partial charge on any atom is 0.413 e. The molecule has 2 aromatic carbocycles. The van der Waals surface area contributed by atoms with Gasteiger partial charge in [-0.2, -0.15) is 0 Å². The van der Waals surface area contributed by atoms with Crippen molar-refractivity contribution in [1.82, 2.24) is 0 Å². The van der Waals surface area contributed by atoms with Crippen LogP contribution >= 0.6 is 0 Å². The molecule has 140 valence electrons. The average molecular weight is 374 g/mol. The standard InChI is InChI=1S/C18H14O9/c19-13-5-1-11(2-6-13)9-15(21)17(23)25-27-26-18(24)16(22)10-12-3-7-14(20)8-4-12/h1-8,19-20H,9-10H2. The van der Waals surface area contributed by atoms with Crippen molar-refractivity contribution >= 4 is 23.5 Å². The summed E-state index contributed by atoms with van der Waals surface area (Å²) in [6, 6.07) is 11.1. The summed E-state index contributed by atoms with van der Waals surface area (Å²) in [6.45, 7) is 0. The molecule has 0 heterocycles. The molecule has 0 spiro atoms. The fourth-order valence-electron chi connectivity index (χ4n) is 1.91. The first-order valence-electron chi connectivity index (χ1n) is 7.56. The van der Waals surface area contributed by atoms with Crippen molar-refractivity contribution in [2.24, 2.45) is 0 Å². The predicted octanol–water partition coefficient (Wildman–Crippen LogP) is 0.954. The molecule has 0 aliphatic rings. The lowest BCUT2D eigenvalue weighted by molar-refractivity contribution is -0.455. The van der Waals surface area contributed by atoms with E-state index in [-0.39, 0.29) is 24.3 Å². The van der Waals surface area contributed by atoms with Crippen molar-refractivity contribution in [1.29, 1.82) is 0 Å². The van der Waals surface area contributed by atoms with Crippen molar-refractivity contribution in [2.75, 3.05) is 0 Å². The fraction of sp³-hybridized carbons (Fsp3) is 0.111. The SMILES string of the molecule is O=C(Cc1ccc(O)cc1)C(=O)OOOC(=O)C(=O)Cc1ccc(O)cc1. The van der Waals surface area contributed by atoms with E-state index >= 15 is 0 Å². The normalized spacial score (nSPS) is 10.1. The molecule has 0 unspecified atom stereocenters. The van der Waals surface area contributed by atoms with E-state index in [2.05, 4.69) is 14.8 Å². The Bertz CT molecular complexity index is 767. The first-order chi connectivity index (χ1) is 12.8. The molecule has 2 aromatic rings. The second-order valence-corrected chi connectivity index (χ2v) is 5.34. The van der Waals surface area contributed by atoms with Crippen LogP contribution in [0.4, 0.5) is 0 Å². The largest absolute Gasteiger partial charge is 0.508 e. The number of aromatic hydroxyl groups is 2. The minimum Gasteiger partial charge on any atom is -0.508 e. The summed E-state index contributed by atoms with van der Waals surface area (Å²) in [7, 11) is 0. The second-order valence-electron chi connectivity index (χ2n) is 5.34. The van der Waals surface area contributed by atoms with Gasteiger partial charge in [0.05, 0.1) is 0 Å². The van der Waals surface area contributed by atoms with Gasteiger partial charge in [0.15, 0.2) is 0 Å². The third-order valence-corrected chi connectivity index (χ3v) is 3.28. The number of ketones is 2. The van der Waals surface area contributed by atoms with Crippen molar-refractivity contribution < 1.29 is 44.2 Å². The zero-order chi connectivity index (χ0) is 19.8. The number of hydrogen-bond donors (Lipinski definition) is 2. The Morgan fingerprint density at radius 2 is 0.963 bits per heavy atom. The highest BCUT2D eigenvalue weighted by Crippen LogP contribution is 2.11. The van der Waals surface area contributed by atoms with Gasteiger partial charge in [-0.05, 0) is 35.4 Å². The molecule has 2 N–H and O–H groups in total. The van der Waals surface area contributed by atoms with Gasteiger partial charge in [-0.15, -0.1) is 0 Å². The van der Waals surface area contributed by atoms with Gasteiger partial charge in [0.25, 0.3) is 0 Å². The monoisotopic (exact) mass is 374 g/mol. The number of phenols is 2. The lowest BCUT2D eigenvalue weighted by Crippen LogP contribution is -2.23. The van der Waals surface area contributed by atoms with Gasteiger partial charge in [-0.25, -0.2) is 9.59 Å². The number of rotatable bonds is 8. The van der Waals surface area contributed by atoms with Crippen molar-refractivity contribution in [3.63, 3.8) is 0 Å². The maximum absolute atomic E-state index is 11.6. The molecule has 0 aliphatic heterocycles. The third kappa shape index (κ3) is 6.25. The Labute approximate surface area is 152 Å². The first kappa shape index (κ1) is 19.6. The van der Waals surface area contributed by atoms with Crippen molar-refractivity contribution in [3.8, 4) is 11.5 Å². The summed E-state index contributed by atoms with van der Waals surface area (Å²) in [6.07, 6.45) is -0.646.